The van der Waals surface area contributed by atoms with Crippen molar-refractivity contribution >= 4 is 23.4 Å². The van der Waals surface area contributed by atoms with E-state index in [9.17, 15) is 18.0 Å². The number of halogens is 3. The van der Waals surface area contributed by atoms with Crippen molar-refractivity contribution < 1.29 is 22.7 Å². The van der Waals surface area contributed by atoms with Crippen molar-refractivity contribution in [1.29, 1.82) is 0 Å². The average molecular weight is 320 g/mol. The third-order valence-electron chi connectivity index (χ3n) is 3.11. The highest BCUT2D eigenvalue weighted by molar-refractivity contribution is 8.00. The van der Waals surface area contributed by atoms with Crippen LogP contribution in [-0.2, 0) is 9.53 Å². The SMILES string of the molecule is COC1CNC(C(=O)Nc2ccccc2SC(F)(F)F)C1. The molecule has 0 bridgehead atoms. The number of carbonyl (C=O) groups excluding carboxylic acids is 1. The van der Waals surface area contributed by atoms with E-state index in [2.05, 4.69) is 10.6 Å². The van der Waals surface area contributed by atoms with Gasteiger partial charge >= 0.3 is 5.51 Å². The van der Waals surface area contributed by atoms with Crippen LogP contribution in [0.1, 0.15) is 6.42 Å². The van der Waals surface area contributed by atoms with Gasteiger partial charge < -0.3 is 15.4 Å². The lowest BCUT2D eigenvalue weighted by Crippen LogP contribution is -2.35. The number of amides is 1. The Balaban J connectivity index is 2.04. The van der Waals surface area contributed by atoms with Gasteiger partial charge in [-0.15, -0.1) is 0 Å². The van der Waals surface area contributed by atoms with Crippen molar-refractivity contribution in [2.24, 2.45) is 0 Å². The first-order valence-electron chi connectivity index (χ1n) is 6.31. The first kappa shape index (κ1) is 16.1. The number of para-hydroxylation sites is 1. The Morgan fingerprint density at radius 1 is 1.43 bits per heavy atom. The molecule has 116 valence electrons. The third kappa shape index (κ3) is 4.62. The number of thioether (sulfide) groups is 1. The molecule has 2 N–H and O–H groups in total. The number of ether oxygens (including phenoxy) is 1. The van der Waals surface area contributed by atoms with Crippen LogP contribution >= 0.6 is 11.8 Å². The maximum Gasteiger partial charge on any atom is 0.446 e. The summed E-state index contributed by atoms with van der Waals surface area (Å²) in [4.78, 5) is 12.0. The van der Waals surface area contributed by atoms with E-state index in [-0.39, 0.29) is 34.4 Å². The van der Waals surface area contributed by atoms with E-state index in [0.29, 0.717) is 13.0 Å². The van der Waals surface area contributed by atoms with Gasteiger partial charge in [-0.05, 0) is 30.3 Å². The molecule has 21 heavy (non-hydrogen) atoms. The maximum absolute atomic E-state index is 12.5. The summed E-state index contributed by atoms with van der Waals surface area (Å²) in [6, 6.07) is 5.40. The van der Waals surface area contributed by atoms with Crippen LogP contribution in [0.15, 0.2) is 29.2 Å². The van der Waals surface area contributed by atoms with Crippen molar-refractivity contribution in [3.8, 4) is 0 Å². The number of methoxy groups -OCH3 is 1. The predicted molar refractivity (Wildman–Crippen MR) is 74.2 cm³/mol. The Kier molecular flexibility index (Phi) is 5.13. The largest absolute Gasteiger partial charge is 0.446 e. The fourth-order valence-electron chi connectivity index (χ4n) is 2.09. The van der Waals surface area contributed by atoms with E-state index in [1.54, 1.807) is 13.2 Å². The highest BCUT2D eigenvalue weighted by Crippen LogP contribution is 2.40. The molecule has 1 aliphatic rings. The Hall–Kier alpha value is -1.25. The molecule has 0 spiro atoms. The number of rotatable bonds is 4. The number of hydrogen-bond acceptors (Lipinski definition) is 4. The van der Waals surface area contributed by atoms with E-state index >= 15 is 0 Å². The van der Waals surface area contributed by atoms with Crippen molar-refractivity contribution in [2.45, 2.75) is 29.0 Å². The molecule has 2 atom stereocenters. The molecule has 2 rings (SSSR count). The summed E-state index contributed by atoms with van der Waals surface area (Å²) in [5.74, 6) is -0.357. The van der Waals surface area contributed by atoms with Crippen LogP contribution in [0.25, 0.3) is 0 Å². The first-order valence-corrected chi connectivity index (χ1v) is 7.12. The van der Waals surface area contributed by atoms with Crippen LogP contribution in [0.2, 0.25) is 0 Å². The van der Waals surface area contributed by atoms with Crippen molar-refractivity contribution in [3.63, 3.8) is 0 Å². The minimum atomic E-state index is -4.40. The number of alkyl halides is 3. The number of hydrogen-bond donors (Lipinski definition) is 2. The van der Waals surface area contributed by atoms with Crippen molar-refractivity contribution in [2.75, 3.05) is 19.0 Å². The lowest BCUT2D eigenvalue weighted by Gasteiger charge is -2.15. The zero-order valence-corrected chi connectivity index (χ0v) is 12.1. The smallest absolute Gasteiger partial charge is 0.380 e. The van der Waals surface area contributed by atoms with Crippen LogP contribution < -0.4 is 10.6 Å². The Labute approximate surface area is 124 Å². The fraction of sp³-hybridized carbons (Fsp3) is 0.462. The van der Waals surface area contributed by atoms with E-state index < -0.39 is 11.6 Å². The molecule has 4 nitrogen and oxygen atoms in total. The van der Waals surface area contributed by atoms with E-state index in [0.717, 1.165) is 0 Å². The second-order valence-electron chi connectivity index (χ2n) is 4.59. The molecule has 8 heteroatoms. The van der Waals surface area contributed by atoms with Gasteiger partial charge in [0.2, 0.25) is 5.91 Å². The van der Waals surface area contributed by atoms with Crippen LogP contribution in [0, 0.1) is 0 Å². The van der Waals surface area contributed by atoms with Gasteiger partial charge in [0.05, 0.1) is 17.8 Å². The topological polar surface area (TPSA) is 50.4 Å². The highest BCUT2D eigenvalue weighted by atomic mass is 32.2. The quantitative estimate of drug-likeness (QED) is 0.838. The molecule has 0 aliphatic carbocycles. The summed E-state index contributed by atoms with van der Waals surface area (Å²) in [7, 11) is 1.56. The number of benzene rings is 1. The monoisotopic (exact) mass is 320 g/mol. The highest BCUT2D eigenvalue weighted by Gasteiger charge is 2.32. The van der Waals surface area contributed by atoms with Crippen LogP contribution in [-0.4, -0.2) is 37.2 Å². The summed E-state index contributed by atoms with van der Waals surface area (Å²) >= 11 is -0.243. The molecule has 1 aliphatic heterocycles. The summed E-state index contributed by atoms with van der Waals surface area (Å²) < 4.78 is 42.6. The van der Waals surface area contributed by atoms with Gasteiger partial charge in [-0.1, -0.05) is 12.1 Å². The maximum atomic E-state index is 12.5. The molecule has 1 heterocycles. The standard InChI is InChI=1S/C13H15F3N2O2S/c1-20-8-6-10(17-7-8)12(19)18-9-4-2-3-5-11(9)21-13(14,15)16/h2-5,8,10,17H,6-7H2,1H3,(H,18,19). The van der Waals surface area contributed by atoms with Gasteiger partial charge in [0.15, 0.2) is 0 Å². The second kappa shape index (κ2) is 6.67. The van der Waals surface area contributed by atoms with Gasteiger partial charge in [-0.2, -0.15) is 13.2 Å². The zero-order chi connectivity index (χ0) is 15.5. The molecule has 0 radical (unpaired) electrons. The Morgan fingerprint density at radius 2 is 2.14 bits per heavy atom. The normalized spacial score (nSPS) is 22.3. The minimum Gasteiger partial charge on any atom is -0.380 e. The third-order valence-corrected chi connectivity index (χ3v) is 3.92. The molecular weight excluding hydrogens is 305 g/mol. The lowest BCUT2D eigenvalue weighted by atomic mass is 10.2. The van der Waals surface area contributed by atoms with Gasteiger partial charge in [0.1, 0.15) is 0 Å². The average Bonchev–Trinajstić information content (AvgIpc) is 2.88. The van der Waals surface area contributed by atoms with E-state index in [1.165, 1.54) is 18.2 Å². The van der Waals surface area contributed by atoms with E-state index in [4.69, 9.17) is 4.74 Å². The summed E-state index contributed by atoms with van der Waals surface area (Å²) in [6.45, 7) is 0.549. The predicted octanol–water partition coefficient (Wildman–Crippen LogP) is 2.61. The number of carbonyl (C=O) groups is 1. The molecule has 1 saturated heterocycles. The Bertz CT molecular complexity index is 510. The molecule has 2 unspecified atom stereocenters. The summed E-state index contributed by atoms with van der Waals surface area (Å²) in [6.07, 6.45) is 0.442. The number of anilines is 1. The molecule has 1 amide bonds. The molecule has 1 aromatic rings. The van der Waals surface area contributed by atoms with Crippen LogP contribution in [0.4, 0.5) is 18.9 Å². The van der Waals surface area contributed by atoms with Crippen molar-refractivity contribution in [1.82, 2.24) is 5.32 Å². The number of nitrogens with one attached hydrogen (secondary N) is 2. The van der Waals surface area contributed by atoms with Crippen LogP contribution in [0.5, 0.6) is 0 Å². The lowest BCUT2D eigenvalue weighted by molar-refractivity contribution is -0.118. The minimum absolute atomic E-state index is 0.0281. The second-order valence-corrected chi connectivity index (χ2v) is 5.69. The zero-order valence-electron chi connectivity index (χ0n) is 11.2. The fourth-order valence-corrected chi connectivity index (χ4v) is 2.71. The Morgan fingerprint density at radius 3 is 2.76 bits per heavy atom. The molecule has 1 aromatic carbocycles. The summed E-state index contributed by atoms with van der Waals surface area (Å²) in [5, 5.41) is 5.52. The van der Waals surface area contributed by atoms with Gasteiger partial charge in [0.25, 0.3) is 0 Å². The molecule has 0 saturated carbocycles. The first-order chi connectivity index (χ1) is 9.89. The molecule has 0 aromatic heterocycles. The molecule has 1 fully saturated rings. The molecular formula is C13H15F3N2O2S. The van der Waals surface area contributed by atoms with E-state index in [1.807, 2.05) is 0 Å². The van der Waals surface area contributed by atoms with Gasteiger partial charge in [-0.3, -0.25) is 4.79 Å². The van der Waals surface area contributed by atoms with Gasteiger partial charge in [0, 0.05) is 18.6 Å². The van der Waals surface area contributed by atoms with Gasteiger partial charge in [-0.25, -0.2) is 0 Å². The van der Waals surface area contributed by atoms with Crippen LogP contribution in [0.3, 0.4) is 0 Å². The van der Waals surface area contributed by atoms with Crippen molar-refractivity contribution in [3.05, 3.63) is 24.3 Å². The summed E-state index contributed by atoms with van der Waals surface area (Å²) in [5.41, 5.74) is -4.24.